The van der Waals surface area contributed by atoms with Crippen LogP contribution in [0.1, 0.15) is 0 Å². The van der Waals surface area contributed by atoms with Gasteiger partial charge in [-0.2, -0.15) is 0 Å². The fourth-order valence-corrected chi connectivity index (χ4v) is 1.08. The van der Waals surface area contributed by atoms with E-state index in [1.165, 1.54) is 0 Å². The van der Waals surface area contributed by atoms with Gasteiger partial charge in [-0.3, -0.25) is 0 Å². The molecule has 0 radical (unpaired) electrons. The molecule has 0 aliphatic carbocycles. The van der Waals surface area contributed by atoms with E-state index in [2.05, 4.69) is 6.07 Å². The van der Waals surface area contributed by atoms with Crippen LogP contribution in [0.2, 0.25) is 0 Å². The molecule has 0 unspecified atom stereocenters. The summed E-state index contributed by atoms with van der Waals surface area (Å²) in [4.78, 5) is 0. The molecular formula is C10H13LiO4. The Hall–Kier alpha value is -0.983. The van der Waals surface area contributed by atoms with Crippen LogP contribution in [-0.4, -0.2) is 28.4 Å². The first-order valence-electron chi connectivity index (χ1n) is 4.03. The molecule has 1 aromatic carbocycles. The second-order valence-electron chi connectivity index (χ2n) is 2.47. The molecule has 0 aliphatic heterocycles. The first-order chi connectivity index (χ1) is 6.76. The van der Waals surface area contributed by atoms with Gasteiger partial charge in [0.05, 0.1) is 51.4 Å². The van der Waals surface area contributed by atoms with Crippen molar-refractivity contribution in [3.8, 4) is 23.0 Å². The van der Waals surface area contributed by atoms with E-state index in [1.54, 1.807) is 34.5 Å². The van der Waals surface area contributed by atoms with E-state index in [1.807, 2.05) is 0 Å². The van der Waals surface area contributed by atoms with Gasteiger partial charge >= 0.3 is 18.9 Å². The van der Waals surface area contributed by atoms with E-state index in [9.17, 15) is 0 Å². The maximum absolute atomic E-state index is 5.09. The average Bonchev–Trinajstić information content (AvgIpc) is 2.26. The predicted octanol–water partition coefficient (Wildman–Crippen LogP) is -1.47. The third-order valence-electron chi connectivity index (χ3n) is 1.78. The molecular weight excluding hydrogens is 191 g/mol. The van der Waals surface area contributed by atoms with Crippen molar-refractivity contribution in [2.75, 3.05) is 28.4 Å². The predicted molar refractivity (Wildman–Crippen MR) is 51.5 cm³/mol. The molecule has 78 valence electrons. The number of hydrogen-bond donors (Lipinski definition) is 0. The standard InChI is InChI=1S/C10H13O4.Li/c1-11-7-5-9(13-3)10(14-4)6-8(7)12-2;/h5H,1-4H3;/q-1;+1. The van der Waals surface area contributed by atoms with E-state index in [0.717, 1.165) is 0 Å². The first-order valence-corrected chi connectivity index (χ1v) is 4.03. The SMILES string of the molecule is COc1[c-]c(OC)c(OC)cc1OC.[Li+]. The number of benzene rings is 1. The van der Waals surface area contributed by atoms with E-state index in [-0.39, 0.29) is 18.9 Å². The summed E-state index contributed by atoms with van der Waals surface area (Å²) in [7, 11) is 6.19. The molecule has 1 aromatic rings. The third-order valence-corrected chi connectivity index (χ3v) is 1.78. The zero-order valence-electron chi connectivity index (χ0n) is 9.71. The van der Waals surface area contributed by atoms with E-state index >= 15 is 0 Å². The second kappa shape index (κ2) is 6.49. The van der Waals surface area contributed by atoms with Crippen LogP contribution in [0.3, 0.4) is 0 Å². The molecule has 0 N–H and O–H groups in total. The van der Waals surface area contributed by atoms with Crippen molar-refractivity contribution in [3.63, 3.8) is 0 Å². The molecule has 0 atom stereocenters. The van der Waals surface area contributed by atoms with Crippen molar-refractivity contribution in [2.24, 2.45) is 0 Å². The minimum absolute atomic E-state index is 0. The molecule has 0 bridgehead atoms. The van der Waals surface area contributed by atoms with Crippen LogP contribution >= 0.6 is 0 Å². The summed E-state index contributed by atoms with van der Waals surface area (Å²) in [6.07, 6.45) is 0. The van der Waals surface area contributed by atoms with Crippen LogP contribution in [0.5, 0.6) is 23.0 Å². The Kier molecular flexibility index (Phi) is 6.07. The van der Waals surface area contributed by atoms with Gasteiger partial charge in [0.2, 0.25) is 0 Å². The zero-order valence-corrected chi connectivity index (χ0v) is 9.71. The largest absolute Gasteiger partial charge is 1.00 e. The first kappa shape index (κ1) is 14.0. The summed E-state index contributed by atoms with van der Waals surface area (Å²) in [5.74, 6) is 2.10. The summed E-state index contributed by atoms with van der Waals surface area (Å²) in [6, 6.07) is 4.58. The average molecular weight is 204 g/mol. The van der Waals surface area contributed by atoms with E-state index in [4.69, 9.17) is 18.9 Å². The van der Waals surface area contributed by atoms with Gasteiger partial charge < -0.3 is 18.9 Å². The summed E-state index contributed by atoms with van der Waals surface area (Å²) >= 11 is 0. The summed E-state index contributed by atoms with van der Waals surface area (Å²) in [6.45, 7) is 0. The van der Waals surface area contributed by atoms with Crippen LogP contribution in [0.25, 0.3) is 0 Å². The molecule has 5 heteroatoms. The van der Waals surface area contributed by atoms with Gasteiger partial charge in [0.25, 0.3) is 0 Å². The van der Waals surface area contributed by atoms with Gasteiger partial charge in [0.1, 0.15) is 0 Å². The van der Waals surface area contributed by atoms with Crippen LogP contribution in [0, 0.1) is 6.07 Å². The van der Waals surface area contributed by atoms with E-state index in [0.29, 0.717) is 23.0 Å². The molecule has 0 heterocycles. The maximum Gasteiger partial charge on any atom is 1.00 e. The molecule has 4 nitrogen and oxygen atoms in total. The second-order valence-corrected chi connectivity index (χ2v) is 2.47. The fraction of sp³-hybridized carbons (Fsp3) is 0.400. The topological polar surface area (TPSA) is 36.9 Å². The van der Waals surface area contributed by atoms with Crippen molar-refractivity contribution in [3.05, 3.63) is 12.1 Å². The molecule has 0 aliphatic rings. The molecule has 0 amide bonds. The van der Waals surface area contributed by atoms with Gasteiger partial charge in [-0.1, -0.05) is 12.1 Å². The van der Waals surface area contributed by atoms with Gasteiger partial charge in [-0.15, -0.1) is 0 Å². The van der Waals surface area contributed by atoms with Crippen LogP contribution < -0.4 is 37.8 Å². The summed E-state index contributed by atoms with van der Waals surface area (Å²) < 4.78 is 20.3. The van der Waals surface area contributed by atoms with Gasteiger partial charge in [0.15, 0.2) is 0 Å². The third kappa shape index (κ3) is 2.98. The zero-order chi connectivity index (χ0) is 10.6. The van der Waals surface area contributed by atoms with Gasteiger partial charge in [0, 0.05) is 0 Å². The Labute approximate surface area is 102 Å². The Morgan fingerprint density at radius 1 is 0.800 bits per heavy atom. The van der Waals surface area contributed by atoms with Crippen molar-refractivity contribution >= 4 is 0 Å². The van der Waals surface area contributed by atoms with Crippen molar-refractivity contribution in [1.82, 2.24) is 0 Å². The molecule has 0 aromatic heterocycles. The fourth-order valence-electron chi connectivity index (χ4n) is 1.08. The van der Waals surface area contributed by atoms with Crippen LogP contribution in [0.15, 0.2) is 6.07 Å². The Bertz CT molecular complexity index is 256. The quantitative estimate of drug-likeness (QED) is 0.443. The Balaban J connectivity index is 0.00000196. The minimum atomic E-state index is 0. The molecule has 0 fully saturated rings. The van der Waals surface area contributed by atoms with Crippen LogP contribution in [-0.2, 0) is 0 Å². The Morgan fingerprint density at radius 2 is 1.20 bits per heavy atom. The van der Waals surface area contributed by atoms with Crippen molar-refractivity contribution in [2.45, 2.75) is 0 Å². The molecule has 15 heavy (non-hydrogen) atoms. The Morgan fingerprint density at radius 3 is 1.47 bits per heavy atom. The molecule has 0 saturated heterocycles. The number of ether oxygens (including phenoxy) is 4. The number of hydrogen-bond acceptors (Lipinski definition) is 4. The molecule has 1 rings (SSSR count). The summed E-state index contributed by atoms with van der Waals surface area (Å²) in [5, 5.41) is 0. The normalized spacial score (nSPS) is 8.80. The summed E-state index contributed by atoms with van der Waals surface area (Å²) in [5.41, 5.74) is 0. The van der Waals surface area contributed by atoms with Crippen LogP contribution in [0.4, 0.5) is 0 Å². The van der Waals surface area contributed by atoms with E-state index < -0.39 is 0 Å². The monoisotopic (exact) mass is 204 g/mol. The number of rotatable bonds is 4. The number of methoxy groups -OCH3 is 4. The van der Waals surface area contributed by atoms with Crippen molar-refractivity contribution in [1.29, 1.82) is 0 Å². The molecule has 0 spiro atoms. The van der Waals surface area contributed by atoms with Crippen molar-refractivity contribution < 1.29 is 37.8 Å². The van der Waals surface area contributed by atoms with Gasteiger partial charge in [-0.25, -0.2) is 0 Å². The van der Waals surface area contributed by atoms with Gasteiger partial charge in [-0.05, 0) is 0 Å². The molecule has 0 saturated carbocycles. The smallest absolute Gasteiger partial charge is 0.550 e. The maximum atomic E-state index is 5.09. The minimum Gasteiger partial charge on any atom is -0.550 e.